The first-order valence-electron chi connectivity index (χ1n) is 7.20. The Hall–Kier alpha value is -1.39. The zero-order valence-corrected chi connectivity index (χ0v) is 12.7. The molecule has 1 amide bonds. The minimum Gasteiger partial charge on any atom is -0.340 e. The van der Waals surface area contributed by atoms with Crippen molar-refractivity contribution in [3.63, 3.8) is 0 Å². The lowest BCUT2D eigenvalue weighted by Gasteiger charge is -2.45. The van der Waals surface area contributed by atoms with Crippen molar-refractivity contribution >= 4 is 5.91 Å². The van der Waals surface area contributed by atoms with E-state index in [9.17, 15) is 4.79 Å². The maximum atomic E-state index is 12.4. The first-order chi connectivity index (χ1) is 9.40. The van der Waals surface area contributed by atoms with Gasteiger partial charge in [-0.3, -0.25) is 9.69 Å². The Morgan fingerprint density at radius 3 is 2.55 bits per heavy atom. The number of rotatable bonds is 3. The molecule has 0 bridgehead atoms. The molecule has 1 aromatic carbocycles. The molecule has 1 fully saturated rings. The van der Waals surface area contributed by atoms with Crippen molar-refractivity contribution in [3.8, 4) is 0 Å². The van der Waals surface area contributed by atoms with Gasteiger partial charge in [0, 0.05) is 37.6 Å². The van der Waals surface area contributed by atoms with Crippen LogP contribution in [0.4, 0.5) is 0 Å². The highest BCUT2D eigenvalue weighted by Gasteiger charge is 2.33. The highest BCUT2D eigenvalue weighted by atomic mass is 16.2. The Kier molecular flexibility index (Phi) is 4.45. The zero-order chi connectivity index (χ0) is 14.8. The van der Waals surface area contributed by atoms with Crippen molar-refractivity contribution in [2.45, 2.75) is 31.8 Å². The average molecular weight is 275 g/mol. The van der Waals surface area contributed by atoms with Crippen LogP contribution in [0.1, 0.15) is 31.9 Å². The number of nitrogens with two attached hydrogens (primary N) is 1. The summed E-state index contributed by atoms with van der Waals surface area (Å²) >= 11 is 0. The molecule has 1 atom stereocenters. The SMILES string of the molecule is CN1CCN(C(=O)CC(N)c2ccccc2)CC1(C)C. The van der Waals surface area contributed by atoms with Crippen molar-refractivity contribution in [2.75, 3.05) is 26.7 Å². The molecule has 1 aliphatic rings. The van der Waals surface area contributed by atoms with Crippen molar-refractivity contribution in [1.82, 2.24) is 9.80 Å². The van der Waals surface area contributed by atoms with E-state index in [1.165, 1.54) is 0 Å². The van der Waals surface area contributed by atoms with E-state index in [-0.39, 0.29) is 17.5 Å². The smallest absolute Gasteiger partial charge is 0.224 e. The van der Waals surface area contributed by atoms with Crippen LogP contribution in [0, 0.1) is 0 Å². The lowest BCUT2D eigenvalue weighted by Crippen LogP contribution is -2.59. The van der Waals surface area contributed by atoms with E-state index in [4.69, 9.17) is 5.73 Å². The first-order valence-corrected chi connectivity index (χ1v) is 7.20. The summed E-state index contributed by atoms with van der Waals surface area (Å²) in [6, 6.07) is 9.61. The standard InChI is InChI=1S/C16H25N3O/c1-16(2)12-19(10-9-18(16)3)15(20)11-14(17)13-7-5-4-6-8-13/h4-8,14H,9-12,17H2,1-3H3. The third-order valence-corrected chi connectivity index (χ3v) is 4.29. The number of likely N-dealkylation sites (N-methyl/N-ethyl adjacent to an activating group) is 1. The maximum absolute atomic E-state index is 12.4. The zero-order valence-electron chi connectivity index (χ0n) is 12.7. The average Bonchev–Trinajstić information content (AvgIpc) is 2.42. The number of carbonyl (C=O) groups excluding carboxylic acids is 1. The molecule has 1 aromatic rings. The Morgan fingerprint density at radius 1 is 1.30 bits per heavy atom. The molecule has 0 spiro atoms. The van der Waals surface area contributed by atoms with Gasteiger partial charge in [0.15, 0.2) is 0 Å². The number of hydrogen-bond donors (Lipinski definition) is 1. The quantitative estimate of drug-likeness (QED) is 0.912. The van der Waals surface area contributed by atoms with Crippen molar-refractivity contribution in [3.05, 3.63) is 35.9 Å². The fourth-order valence-electron chi connectivity index (χ4n) is 2.59. The van der Waals surface area contributed by atoms with Crippen LogP contribution in [-0.2, 0) is 4.79 Å². The number of benzene rings is 1. The van der Waals surface area contributed by atoms with Crippen molar-refractivity contribution < 1.29 is 4.79 Å². The summed E-state index contributed by atoms with van der Waals surface area (Å²) in [6.07, 6.45) is 0.379. The van der Waals surface area contributed by atoms with Crippen LogP contribution in [0.25, 0.3) is 0 Å². The van der Waals surface area contributed by atoms with E-state index in [0.29, 0.717) is 6.42 Å². The highest BCUT2D eigenvalue weighted by Crippen LogP contribution is 2.21. The van der Waals surface area contributed by atoms with Crippen LogP contribution in [-0.4, -0.2) is 47.9 Å². The van der Waals surface area contributed by atoms with Gasteiger partial charge in [-0.2, -0.15) is 0 Å². The molecule has 0 aromatic heterocycles. The molecule has 1 heterocycles. The van der Waals surface area contributed by atoms with Crippen LogP contribution in [0.2, 0.25) is 0 Å². The van der Waals surface area contributed by atoms with Gasteiger partial charge in [0.1, 0.15) is 0 Å². The topological polar surface area (TPSA) is 49.6 Å². The van der Waals surface area contributed by atoms with E-state index in [0.717, 1.165) is 25.2 Å². The van der Waals surface area contributed by atoms with E-state index in [1.807, 2.05) is 35.2 Å². The summed E-state index contributed by atoms with van der Waals surface area (Å²) in [5.41, 5.74) is 7.19. The lowest BCUT2D eigenvalue weighted by molar-refractivity contribution is -0.136. The fourth-order valence-corrected chi connectivity index (χ4v) is 2.59. The lowest BCUT2D eigenvalue weighted by atomic mass is 9.98. The molecule has 0 radical (unpaired) electrons. The maximum Gasteiger partial charge on any atom is 0.224 e. The van der Waals surface area contributed by atoms with Crippen molar-refractivity contribution in [2.24, 2.45) is 5.73 Å². The van der Waals surface area contributed by atoms with Crippen LogP contribution in [0.5, 0.6) is 0 Å². The van der Waals surface area contributed by atoms with Crippen LogP contribution in [0.15, 0.2) is 30.3 Å². The number of nitrogens with zero attached hydrogens (tertiary/aromatic N) is 2. The molecule has 1 unspecified atom stereocenters. The predicted molar refractivity (Wildman–Crippen MR) is 81.3 cm³/mol. The van der Waals surface area contributed by atoms with E-state index in [1.54, 1.807) is 0 Å². The summed E-state index contributed by atoms with van der Waals surface area (Å²) in [5, 5.41) is 0. The second-order valence-corrected chi connectivity index (χ2v) is 6.27. The fraction of sp³-hybridized carbons (Fsp3) is 0.562. The molecule has 2 N–H and O–H groups in total. The molecule has 2 rings (SSSR count). The molecular formula is C16H25N3O. The Morgan fingerprint density at radius 2 is 1.95 bits per heavy atom. The number of carbonyl (C=O) groups is 1. The normalized spacial score (nSPS) is 20.7. The minimum absolute atomic E-state index is 0.0325. The second kappa shape index (κ2) is 5.94. The molecule has 0 aliphatic carbocycles. The van der Waals surface area contributed by atoms with E-state index < -0.39 is 0 Å². The Labute approximate surface area is 121 Å². The molecule has 4 heteroatoms. The van der Waals surface area contributed by atoms with Gasteiger partial charge in [0.05, 0.1) is 0 Å². The third kappa shape index (κ3) is 3.38. The van der Waals surface area contributed by atoms with Gasteiger partial charge in [-0.15, -0.1) is 0 Å². The molecular weight excluding hydrogens is 250 g/mol. The summed E-state index contributed by atoms with van der Waals surface area (Å²) in [5.74, 6) is 0.155. The van der Waals surface area contributed by atoms with Gasteiger partial charge >= 0.3 is 0 Å². The summed E-state index contributed by atoms with van der Waals surface area (Å²) < 4.78 is 0. The largest absolute Gasteiger partial charge is 0.340 e. The Bertz CT molecular complexity index is 458. The number of amides is 1. The van der Waals surface area contributed by atoms with Gasteiger partial charge in [-0.05, 0) is 26.5 Å². The summed E-state index contributed by atoms with van der Waals surface area (Å²) in [7, 11) is 2.11. The first kappa shape index (κ1) is 15.0. The van der Waals surface area contributed by atoms with E-state index >= 15 is 0 Å². The monoisotopic (exact) mass is 275 g/mol. The van der Waals surface area contributed by atoms with Gasteiger partial charge < -0.3 is 10.6 Å². The highest BCUT2D eigenvalue weighted by molar-refractivity contribution is 5.77. The molecule has 4 nitrogen and oxygen atoms in total. The minimum atomic E-state index is -0.216. The summed E-state index contributed by atoms with van der Waals surface area (Å²) in [6.45, 7) is 6.82. The van der Waals surface area contributed by atoms with Crippen LogP contribution in [0.3, 0.4) is 0 Å². The molecule has 110 valence electrons. The Balaban J connectivity index is 1.95. The van der Waals surface area contributed by atoms with Gasteiger partial charge in [0.2, 0.25) is 5.91 Å². The molecule has 20 heavy (non-hydrogen) atoms. The number of hydrogen-bond acceptors (Lipinski definition) is 3. The van der Waals surface area contributed by atoms with Gasteiger partial charge in [0.25, 0.3) is 0 Å². The van der Waals surface area contributed by atoms with Gasteiger partial charge in [-0.1, -0.05) is 30.3 Å². The molecule has 0 saturated carbocycles. The van der Waals surface area contributed by atoms with Crippen LogP contribution >= 0.6 is 0 Å². The molecule has 1 aliphatic heterocycles. The van der Waals surface area contributed by atoms with Gasteiger partial charge in [-0.25, -0.2) is 0 Å². The van der Waals surface area contributed by atoms with Crippen molar-refractivity contribution in [1.29, 1.82) is 0 Å². The molecule has 1 saturated heterocycles. The van der Waals surface area contributed by atoms with E-state index in [2.05, 4.69) is 25.8 Å². The van der Waals surface area contributed by atoms with Crippen LogP contribution < -0.4 is 5.73 Å². The third-order valence-electron chi connectivity index (χ3n) is 4.29. The second-order valence-electron chi connectivity index (χ2n) is 6.27. The summed E-state index contributed by atoms with van der Waals surface area (Å²) in [4.78, 5) is 16.7. The predicted octanol–water partition coefficient (Wildman–Crippen LogP) is 1.63. The number of piperazine rings is 1.